The molecule has 256 valence electrons. The quantitative estimate of drug-likeness (QED) is 0.0371. The SMILES string of the molecule is CC/C=C\C/C=C\C/C=C\C/C=C\C/C=C\C=C/C(O)CCC(=O)OC[C@@H](O)COC(=O)CCCCCCCCCCC(C)C. The van der Waals surface area contributed by atoms with E-state index in [1.165, 1.54) is 38.5 Å². The number of unbranched alkanes of at least 4 members (excludes halogenated alkanes) is 7. The zero-order chi connectivity index (χ0) is 33.2. The largest absolute Gasteiger partial charge is 0.463 e. The van der Waals surface area contributed by atoms with Crippen LogP contribution in [0.2, 0.25) is 0 Å². The Bertz CT molecular complexity index is 880. The minimum atomic E-state index is -1.06. The number of allylic oxidation sites excluding steroid dienone is 11. The average Bonchev–Trinajstić information content (AvgIpc) is 3.02. The van der Waals surface area contributed by atoms with Crippen LogP contribution >= 0.6 is 0 Å². The van der Waals surface area contributed by atoms with Crippen LogP contribution in [0.15, 0.2) is 72.9 Å². The Morgan fingerprint density at radius 2 is 1.04 bits per heavy atom. The van der Waals surface area contributed by atoms with Crippen LogP contribution in [-0.2, 0) is 19.1 Å². The van der Waals surface area contributed by atoms with E-state index in [0.29, 0.717) is 6.42 Å². The molecule has 0 aromatic heterocycles. The van der Waals surface area contributed by atoms with Gasteiger partial charge < -0.3 is 19.7 Å². The molecular weight excluding hydrogens is 564 g/mol. The lowest BCUT2D eigenvalue weighted by Crippen LogP contribution is -2.25. The summed E-state index contributed by atoms with van der Waals surface area (Å²) in [7, 11) is 0. The lowest BCUT2D eigenvalue weighted by atomic mass is 10.0. The number of ether oxygens (including phenoxy) is 2. The van der Waals surface area contributed by atoms with Gasteiger partial charge in [-0.15, -0.1) is 0 Å². The fourth-order valence-corrected chi connectivity index (χ4v) is 4.32. The van der Waals surface area contributed by atoms with Crippen LogP contribution in [0.3, 0.4) is 0 Å². The van der Waals surface area contributed by atoms with Gasteiger partial charge >= 0.3 is 11.9 Å². The van der Waals surface area contributed by atoms with E-state index in [2.05, 4.69) is 69.4 Å². The van der Waals surface area contributed by atoms with E-state index in [4.69, 9.17) is 9.47 Å². The van der Waals surface area contributed by atoms with E-state index in [1.54, 1.807) is 12.2 Å². The third-order valence-corrected chi connectivity index (χ3v) is 7.00. The molecule has 0 fully saturated rings. The molecule has 6 heteroatoms. The Labute approximate surface area is 275 Å². The van der Waals surface area contributed by atoms with Gasteiger partial charge in [0.05, 0.1) is 6.10 Å². The molecule has 0 aromatic carbocycles. The van der Waals surface area contributed by atoms with Gasteiger partial charge in [0.2, 0.25) is 0 Å². The molecule has 0 saturated heterocycles. The van der Waals surface area contributed by atoms with Crippen molar-refractivity contribution in [1.82, 2.24) is 0 Å². The van der Waals surface area contributed by atoms with E-state index >= 15 is 0 Å². The van der Waals surface area contributed by atoms with Crippen molar-refractivity contribution < 1.29 is 29.3 Å². The fraction of sp³-hybridized carbons (Fsp3) is 0.641. The number of esters is 2. The molecule has 0 aromatic rings. The molecule has 1 unspecified atom stereocenters. The molecule has 0 saturated carbocycles. The third kappa shape index (κ3) is 34.0. The van der Waals surface area contributed by atoms with Gasteiger partial charge in [-0.2, -0.15) is 0 Å². The maximum Gasteiger partial charge on any atom is 0.305 e. The number of carbonyl (C=O) groups excluding carboxylic acids is 2. The van der Waals surface area contributed by atoms with Crippen LogP contribution in [-0.4, -0.2) is 47.6 Å². The first kappa shape index (κ1) is 42.3. The standard InChI is InChI=1S/C39H64O6/c1-4-5-6-7-8-9-10-11-12-13-14-15-16-20-23-26-29-36(40)31-32-39(43)45-34-37(41)33-44-38(42)30-27-24-21-18-17-19-22-25-28-35(2)3/h5-6,8-9,11-12,14-15,20,23,26,29,35-37,40-41H,4,7,10,13,16-19,21-22,24-25,27-28,30-34H2,1-3H3/b6-5-,9-8-,12-11-,15-14-,23-20-,29-26-/t36?,37-/m0/s1. The van der Waals surface area contributed by atoms with Gasteiger partial charge in [0.25, 0.3) is 0 Å². The van der Waals surface area contributed by atoms with Gasteiger partial charge in [-0.3, -0.25) is 9.59 Å². The van der Waals surface area contributed by atoms with Crippen LogP contribution in [0.25, 0.3) is 0 Å². The summed E-state index contributed by atoms with van der Waals surface area (Å²) in [5.74, 6) is -0.0557. The van der Waals surface area contributed by atoms with Gasteiger partial charge in [-0.1, -0.05) is 145 Å². The number of aliphatic hydroxyl groups excluding tert-OH is 2. The van der Waals surface area contributed by atoms with Crippen molar-refractivity contribution in [2.75, 3.05) is 13.2 Å². The summed E-state index contributed by atoms with van der Waals surface area (Å²) in [4.78, 5) is 23.8. The Balaban J connectivity index is 3.76. The molecule has 0 aliphatic heterocycles. The molecule has 0 spiro atoms. The highest BCUT2D eigenvalue weighted by Gasteiger charge is 2.13. The van der Waals surface area contributed by atoms with Crippen molar-refractivity contribution in [1.29, 1.82) is 0 Å². The summed E-state index contributed by atoms with van der Waals surface area (Å²) in [6.07, 6.45) is 38.7. The van der Waals surface area contributed by atoms with Gasteiger partial charge in [-0.25, -0.2) is 0 Å². The summed E-state index contributed by atoms with van der Waals surface area (Å²) in [6, 6.07) is 0. The Morgan fingerprint density at radius 1 is 0.578 bits per heavy atom. The predicted molar refractivity (Wildman–Crippen MR) is 188 cm³/mol. The van der Waals surface area contributed by atoms with Crippen molar-refractivity contribution in [2.24, 2.45) is 5.92 Å². The third-order valence-electron chi connectivity index (χ3n) is 7.00. The van der Waals surface area contributed by atoms with Gasteiger partial charge in [0.15, 0.2) is 0 Å². The van der Waals surface area contributed by atoms with E-state index in [-0.39, 0.29) is 32.0 Å². The van der Waals surface area contributed by atoms with E-state index in [9.17, 15) is 19.8 Å². The van der Waals surface area contributed by atoms with Crippen molar-refractivity contribution in [3.8, 4) is 0 Å². The monoisotopic (exact) mass is 628 g/mol. The second-order valence-electron chi connectivity index (χ2n) is 11.9. The molecule has 0 rings (SSSR count). The van der Waals surface area contributed by atoms with Crippen molar-refractivity contribution in [3.05, 3.63) is 72.9 Å². The number of hydrogen-bond donors (Lipinski definition) is 2. The van der Waals surface area contributed by atoms with Crippen molar-refractivity contribution >= 4 is 11.9 Å². The first-order valence-electron chi connectivity index (χ1n) is 17.5. The number of hydrogen-bond acceptors (Lipinski definition) is 6. The fourth-order valence-electron chi connectivity index (χ4n) is 4.32. The molecule has 2 atom stereocenters. The average molecular weight is 629 g/mol. The van der Waals surface area contributed by atoms with Crippen molar-refractivity contribution in [3.63, 3.8) is 0 Å². The molecule has 6 nitrogen and oxygen atoms in total. The summed E-state index contributed by atoms with van der Waals surface area (Å²) in [6.45, 7) is 6.24. The first-order chi connectivity index (χ1) is 21.8. The minimum Gasteiger partial charge on any atom is -0.463 e. The lowest BCUT2D eigenvalue weighted by Gasteiger charge is -2.12. The van der Waals surface area contributed by atoms with Gasteiger partial charge in [-0.05, 0) is 50.9 Å². The van der Waals surface area contributed by atoms with E-state index in [1.807, 2.05) is 12.2 Å². The second kappa shape index (κ2) is 32.7. The van der Waals surface area contributed by atoms with Gasteiger partial charge in [0, 0.05) is 12.8 Å². The molecule has 0 amide bonds. The maximum absolute atomic E-state index is 11.9. The summed E-state index contributed by atoms with van der Waals surface area (Å²) < 4.78 is 10.1. The molecule has 0 bridgehead atoms. The number of carbonyl (C=O) groups is 2. The zero-order valence-corrected chi connectivity index (χ0v) is 28.6. The summed E-state index contributed by atoms with van der Waals surface area (Å²) in [5, 5.41) is 20.0. The van der Waals surface area contributed by atoms with Crippen LogP contribution in [0.4, 0.5) is 0 Å². The maximum atomic E-state index is 11.9. The molecule has 0 radical (unpaired) electrons. The van der Waals surface area contributed by atoms with E-state index in [0.717, 1.165) is 57.3 Å². The minimum absolute atomic E-state index is 0.0294. The van der Waals surface area contributed by atoms with Crippen LogP contribution in [0.5, 0.6) is 0 Å². The Hall–Kier alpha value is -2.70. The Morgan fingerprint density at radius 3 is 1.58 bits per heavy atom. The smallest absolute Gasteiger partial charge is 0.305 e. The molecular formula is C39H64O6. The number of aliphatic hydroxyl groups is 2. The highest BCUT2D eigenvalue weighted by Crippen LogP contribution is 2.13. The van der Waals surface area contributed by atoms with E-state index < -0.39 is 18.2 Å². The summed E-state index contributed by atoms with van der Waals surface area (Å²) >= 11 is 0. The zero-order valence-electron chi connectivity index (χ0n) is 28.6. The van der Waals surface area contributed by atoms with Gasteiger partial charge in [0.1, 0.15) is 19.3 Å². The highest BCUT2D eigenvalue weighted by atomic mass is 16.6. The van der Waals surface area contributed by atoms with Crippen LogP contribution < -0.4 is 0 Å². The van der Waals surface area contributed by atoms with Crippen molar-refractivity contribution in [2.45, 2.75) is 142 Å². The number of rotatable bonds is 29. The molecule has 0 aliphatic carbocycles. The second-order valence-corrected chi connectivity index (χ2v) is 11.9. The van der Waals surface area contributed by atoms with Crippen LogP contribution in [0.1, 0.15) is 130 Å². The summed E-state index contributed by atoms with van der Waals surface area (Å²) in [5.41, 5.74) is 0. The topological polar surface area (TPSA) is 93.1 Å². The molecule has 2 N–H and O–H groups in total. The molecule has 0 heterocycles. The lowest BCUT2D eigenvalue weighted by molar-refractivity contribution is -0.152. The normalized spacial score (nSPS) is 13.9. The molecule has 45 heavy (non-hydrogen) atoms. The predicted octanol–water partition coefficient (Wildman–Crippen LogP) is 9.44. The van der Waals surface area contributed by atoms with Crippen LogP contribution in [0, 0.1) is 5.92 Å². The Kier molecular flexibility index (Phi) is 30.7. The highest BCUT2D eigenvalue weighted by molar-refractivity contribution is 5.69. The molecule has 0 aliphatic rings. The first-order valence-corrected chi connectivity index (χ1v) is 17.5.